The number of hydrogen-bond acceptors (Lipinski definition) is 4. The summed E-state index contributed by atoms with van der Waals surface area (Å²) in [6, 6.07) is 7.04. The maximum absolute atomic E-state index is 12.2. The van der Waals surface area contributed by atoms with Crippen molar-refractivity contribution >= 4 is 22.8 Å². The monoisotopic (exact) mass is 383 g/mol. The zero-order valence-electron chi connectivity index (χ0n) is 16.9. The summed E-state index contributed by atoms with van der Waals surface area (Å²) >= 11 is 0. The molecular formula is C22H29N3O3. The molecule has 3 atom stereocenters. The molecule has 2 heterocycles. The zero-order chi connectivity index (χ0) is 19.8. The van der Waals surface area contributed by atoms with Gasteiger partial charge in [-0.25, -0.2) is 4.79 Å². The Balaban J connectivity index is 1.61. The lowest BCUT2D eigenvalue weighted by atomic mass is 9.71. The van der Waals surface area contributed by atoms with Crippen LogP contribution in [0.25, 0.3) is 10.9 Å². The molecule has 1 amide bonds. The van der Waals surface area contributed by atoms with Crippen molar-refractivity contribution in [1.82, 2.24) is 15.4 Å². The van der Waals surface area contributed by atoms with Crippen LogP contribution in [0, 0.1) is 12.8 Å². The van der Waals surface area contributed by atoms with E-state index in [9.17, 15) is 9.59 Å². The molecule has 6 heteroatoms. The normalized spacial score (nSPS) is 24.0. The molecule has 0 radical (unpaired) electrons. The van der Waals surface area contributed by atoms with E-state index >= 15 is 0 Å². The lowest BCUT2D eigenvalue weighted by Gasteiger charge is -2.47. The van der Waals surface area contributed by atoms with E-state index < -0.39 is 0 Å². The highest BCUT2D eigenvalue weighted by molar-refractivity contribution is 5.89. The van der Waals surface area contributed by atoms with Gasteiger partial charge < -0.3 is 9.82 Å². The van der Waals surface area contributed by atoms with E-state index in [1.54, 1.807) is 0 Å². The highest BCUT2D eigenvalue weighted by Gasteiger charge is 2.41. The van der Waals surface area contributed by atoms with Crippen LogP contribution in [0.5, 0.6) is 0 Å². The molecule has 28 heavy (non-hydrogen) atoms. The molecule has 1 aliphatic heterocycles. The number of amides is 1. The summed E-state index contributed by atoms with van der Waals surface area (Å²) in [5.74, 6) is -0.0718. The number of fused-ring (bicyclic) bond motifs is 2. The van der Waals surface area contributed by atoms with Gasteiger partial charge in [-0.1, -0.05) is 19.1 Å². The molecule has 150 valence electrons. The average Bonchev–Trinajstić information content (AvgIpc) is 2.98. The molecule has 2 N–H and O–H groups in total. The van der Waals surface area contributed by atoms with E-state index in [0.29, 0.717) is 18.4 Å². The Morgan fingerprint density at radius 2 is 2.18 bits per heavy atom. The molecule has 1 aliphatic carbocycles. The Labute approximate surface area is 165 Å². The van der Waals surface area contributed by atoms with Crippen LogP contribution >= 0.6 is 0 Å². The number of carbonyl (C=O) groups excluding carboxylic acids is 2. The molecule has 1 aromatic carbocycles. The molecule has 1 unspecified atom stereocenters. The van der Waals surface area contributed by atoms with Crippen LogP contribution in [-0.4, -0.2) is 40.9 Å². The topological polar surface area (TPSA) is 74.4 Å². The molecule has 1 fully saturated rings. The lowest BCUT2D eigenvalue weighted by molar-refractivity contribution is -0.159. The maximum Gasteiger partial charge on any atom is 0.332 e. The number of aryl methyl sites for hydroxylation is 1. The van der Waals surface area contributed by atoms with Gasteiger partial charge in [0.2, 0.25) is 5.91 Å². The van der Waals surface area contributed by atoms with Crippen LogP contribution in [-0.2, 0) is 20.8 Å². The van der Waals surface area contributed by atoms with Crippen molar-refractivity contribution in [3.8, 4) is 0 Å². The minimum absolute atomic E-state index is 0.228. The summed E-state index contributed by atoms with van der Waals surface area (Å²) in [5, 5.41) is 1.39. The Morgan fingerprint density at radius 3 is 2.93 bits per heavy atom. The van der Waals surface area contributed by atoms with E-state index in [1.165, 1.54) is 34.6 Å². The van der Waals surface area contributed by atoms with E-state index in [0.717, 1.165) is 32.4 Å². The van der Waals surface area contributed by atoms with Crippen molar-refractivity contribution in [1.29, 1.82) is 0 Å². The molecule has 6 nitrogen and oxygen atoms in total. The number of aromatic amines is 1. The van der Waals surface area contributed by atoms with Gasteiger partial charge >= 0.3 is 5.97 Å². The number of nitrogens with one attached hydrogen (secondary N) is 2. The van der Waals surface area contributed by atoms with Crippen molar-refractivity contribution in [2.45, 2.75) is 58.4 Å². The van der Waals surface area contributed by atoms with Gasteiger partial charge in [0.15, 0.2) is 0 Å². The molecular weight excluding hydrogens is 354 g/mol. The lowest BCUT2D eigenvalue weighted by Crippen LogP contribution is -2.50. The molecule has 1 aromatic heterocycles. The van der Waals surface area contributed by atoms with Crippen LogP contribution in [0.15, 0.2) is 18.2 Å². The van der Waals surface area contributed by atoms with Gasteiger partial charge in [0.25, 0.3) is 0 Å². The third-order valence-electron chi connectivity index (χ3n) is 6.27. The second kappa shape index (κ2) is 7.59. The van der Waals surface area contributed by atoms with Crippen LogP contribution in [0.2, 0.25) is 0 Å². The van der Waals surface area contributed by atoms with Crippen molar-refractivity contribution < 1.29 is 14.4 Å². The zero-order valence-corrected chi connectivity index (χ0v) is 16.9. The van der Waals surface area contributed by atoms with Crippen molar-refractivity contribution in [3.63, 3.8) is 0 Å². The molecule has 1 saturated heterocycles. The minimum atomic E-state index is -0.362. The summed E-state index contributed by atoms with van der Waals surface area (Å²) in [5.41, 5.74) is 7.52. The highest BCUT2D eigenvalue weighted by atomic mass is 16.7. The number of hydrogen-bond donors (Lipinski definition) is 2. The number of aromatic nitrogens is 1. The predicted molar refractivity (Wildman–Crippen MR) is 108 cm³/mol. The van der Waals surface area contributed by atoms with E-state index in [-0.39, 0.29) is 17.8 Å². The van der Waals surface area contributed by atoms with E-state index in [4.69, 9.17) is 4.84 Å². The van der Waals surface area contributed by atoms with Crippen LogP contribution < -0.4 is 5.48 Å². The number of carbonyl (C=O) groups is 2. The second-order valence-electron chi connectivity index (χ2n) is 8.31. The first-order valence-electron chi connectivity index (χ1n) is 10.3. The Hall–Kier alpha value is -2.34. The van der Waals surface area contributed by atoms with E-state index in [1.807, 2.05) is 0 Å². The van der Waals surface area contributed by atoms with Gasteiger partial charge in [0.1, 0.15) is 0 Å². The summed E-state index contributed by atoms with van der Waals surface area (Å²) in [4.78, 5) is 34.2. The predicted octanol–water partition coefficient (Wildman–Crippen LogP) is 3.20. The smallest absolute Gasteiger partial charge is 0.332 e. The SMILES string of the molecule is CCCN1C[C@@H](CC(=O)ONC(C)=O)CC2c3cccc4[nH]c(C)c(c34)C[C@H]21. The largest absolute Gasteiger partial charge is 0.358 e. The minimum Gasteiger partial charge on any atom is -0.358 e. The second-order valence-corrected chi connectivity index (χ2v) is 8.31. The number of nitrogens with zero attached hydrogens (tertiary/aromatic N) is 1. The summed E-state index contributed by atoms with van der Waals surface area (Å²) in [7, 11) is 0. The Morgan fingerprint density at radius 1 is 1.36 bits per heavy atom. The molecule has 2 aromatic rings. The first-order valence-corrected chi connectivity index (χ1v) is 10.3. The number of likely N-dealkylation sites (tertiary alicyclic amines) is 1. The third kappa shape index (κ3) is 3.41. The standard InChI is InChI=1S/C22H29N3O3/c1-4-8-25-12-15(10-21(27)28-24-14(3)26)9-18-16-6-5-7-19-22(16)17(11-20(18)25)13(2)23-19/h5-7,15,18,20,23H,4,8-12H2,1-3H3,(H,24,26)/t15-,18?,20-/m1/s1. The van der Waals surface area contributed by atoms with E-state index in [2.05, 4.69) is 47.4 Å². The fourth-order valence-corrected chi connectivity index (χ4v) is 5.27. The van der Waals surface area contributed by atoms with Crippen molar-refractivity contribution in [2.24, 2.45) is 5.92 Å². The quantitative estimate of drug-likeness (QED) is 0.795. The number of H-pyrrole nitrogens is 1. The number of piperidine rings is 1. The molecule has 0 bridgehead atoms. The third-order valence-corrected chi connectivity index (χ3v) is 6.27. The summed E-state index contributed by atoms with van der Waals surface area (Å²) < 4.78 is 0. The molecule has 4 rings (SSSR count). The van der Waals surface area contributed by atoms with Gasteiger partial charge in [-0.2, -0.15) is 5.48 Å². The fraction of sp³-hybridized carbons (Fsp3) is 0.545. The van der Waals surface area contributed by atoms with Gasteiger partial charge in [-0.15, -0.1) is 0 Å². The van der Waals surface area contributed by atoms with Gasteiger partial charge in [0, 0.05) is 42.0 Å². The molecule has 2 aliphatic rings. The molecule has 0 spiro atoms. The first kappa shape index (κ1) is 19.0. The Bertz CT molecular complexity index is 904. The average molecular weight is 383 g/mol. The van der Waals surface area contributed by atoms with Gasteiger partial charge in [-0.3, -0.25) is 9.69 Å². The molecule has 0 saturated carbocycles. The van der Waals surface area contributed by atoms with Crippen LogP contribution in [0.3, 0.4) is 0 Å². The first-order chi connectivity index (χ1) is 13.5. The Kier molecular flexibility index (Phi) is 5.15. The summed E-state index contributed by atoms with van der Waals surface area (Å²) in [6.45, 7) is 7.65. The van der Waals surface area contributed by atoms with Crippen LogP contribution in [0.4, 0.5) is 0 Å². The maximum atomic E-state index is 12.2. The van der Waals surface area contributed by atoms with Gasteiger partial charge in [0.05, 0.1) is 6.42 Å². The number of benzene rings is 1. The van der Waals surface area contributed by atoms with Crippen molar-refractivity contribution in [3.05, 3.63) is 35.0 Å². The summed E-state index contributed by atoms with van der Waals surface area (Å²) in [6.07, 6.45) is 3.47. The van der Waals surface area contributed by atoms with Crippen molar-refractivity contribution in [2.75, 3.05) is 13.1 Å². The highest BCUT2D eigenvalue weighted by Crippen LogP contribution is 2.46. The van der Waals surface area contributed by atoms with Gasteiger partial charge in [-0.05, 0) is 55.8 Å². The fourth-order valence-electron chi connectivity index (χ4n) is 5.27. The number of hydroxylamine groups is 1. The number of rotatable bonds is 4. The van der Waals surface area contributed by atoms with Crippen LogP contribution in [0.1, 0.15) is 55.8 Å².